The highest BCUT2D eigenvalue weighted by molar-refractivity contribution is 6.31. The minimum atomic E-state index is -0.324. The number of nitrogens with zero attached hydrogens (tertiary/aromatic N) is 2. The molecule has 1 aromatic rings. The van der Waals surface area contributed by atoms with E-state index in [2.05, 4.69) is 18.9 Å². The molecule has 0 amide bonds. The van der Waals surface area contributed by atoms with E-state index < -0.39 is 0 Å². The Labute approximate surface area is 114 Å². The second-order valence-electron chi connectivity index (χ2n) is 6.23. The van der Waals surface area contributed by atoms with Crippen molar-refractivity contribution in [1.29, 1.82) is 0 Å². The lowest BCUT2D eigenvalue weighted by Crippen LogP contribution is -2.31. The van der Waals surface area contributed by atoms with E-state index in [4.69, 9.17) is 11.6 Å². The zero-order valence-corrected chi connectivity index (χ0v) is 12.5. The Morgan fingerprint density at radius 2 is 2.22 bits per heavy atom. The van der Waals surface area contributed by atoms with Crippen molar-refractivity contribution in [2.45, 2.75) is 52.6 Å². The van der Waals surface area contributed by atoms with Gasteiger partial charge in [-0.1, -0.05) is 31.9 Å². The molecule has 0 aromatic carbocycles. The summed E-state index contributed by atoms with van der Waals surface area (Å²) in [7, 11) is 1.89. The van der Waals surface area contributed by atoms with Gasteiger partial charge in [0, 0.05) is 13.5 Å². The minimum Gasteiger partial charge on any atom is -0.392 e. The molecule has 102 valence electrons. The van der Waals surface area contributed by atoms with Crippen molar-refractivity contribution in [3.63, 3.8) is 0 Å². The molecule has 0 bridgehead atoms. The first-order valence-corrected chi connectivity index (χ1v) is 7.07. The highest BCUT2D eigenvalue weighted by atomic mass is 35.5. The summed E-state index contributed by atoms with van der Waals surface area (Å²) in [6.45, 7) is 6.41. The lowest BCUT2D eigenvalue weighted by Gasteiger charge is -2.31. The van der Waals surface area contributed by atoms with Crippen LogP contribution in [0.3, 0.4) is 0 Å². The summed E-state index contributed by atoms with van der Waals surface area (Å²) in [4.78, 5) is 0. The fraction of sp³-hybridized carbons (Fsp3) is 0.786. The molecule has 2 unspecified atom stereocenters. The Balaban J connectivity index is 2.14. The van der Waals surface area contributed by atoms with E-state index in [9.17, 15) is 5.11 Å². The number of hydrogen-bond donors (Lipinski definition) is 1. The number of hydrogen-bond acceptors (Lipinski definition) is 2. The molecule has 0 aliphatic heterocycles. The van der Waals surface area contributed by atoms with Crippen LogP contribution in [-0.2, 0) is 13.5 Å². The maximum absolute atomic E-state index is 10.5. The molecular weight excluding hydrogens is 248 g/mol. The Bertz CT molecular complexity index is 439. The summed E-state index contributed by atoms with van der Waals surface area (Å²) in [6, 6.07) is 0. The lowest BCUT2D eigenvalue weighted by atomic mass is 9.77. The molecule has 1 aromatic heterocycles. The van der Waals surface area contributed by atoms with Gasteiger partial charge in [0.05, 0.1) is 22.5 Å². The van der Waals surface area contributed by atoms with Gasteiger partial charge in [0.1, 0.15) is 0 Å². The maximum atomic E-state index is 10.5. The molecule has 2 atom stereocenters. The van der Waals surface area contributed by atoms with E-state index in [1.54, 1.807) is 4.68 Å². The third-order valence-corrected chi connectivity index (χ3v) is 4.96. The van der Waals surface area contributed by atoms with Crippen molar-refractivity contribution >= 4 is 11.6 Å². The van der Waals surface area contributed by atoms with E-state index >= 15 is 0 Å². The Morgan fingerprint density at radius 1 is 1.56 bits per heavy atom. The van der Waals surface area contributed by atoms with Gasteiger partial charge in [-0.05, 0) is 31.1 Å². The molecular formula is C14H23ClN2O. The summed E-state index contributed by atoms with van der Waals surface area (Å²) >= 11 is 6.24. The number of aromatic nitrogens is 2. The Morgan fingerprint density at radius 3 is 2.67 bits per heavy atom. The zero-order chi connectivity index (χ0) is 13.5. The second kappa shape index (κ2) is 4.86. The first-order chi connectivity index (χ1) is 8.33. The largest absolute Gasteiger partial charge is 0.392 e. The molecule has 2 rings (SSSR count). The molecule has 0 spiro atoms. The standard InChI is InChI=1S/C14H23ClN2O/c1-9-13(15)11(17(4)16-9)8-12(18)10-6-5-7-14(10,2)3/h10,12,18H,5-8H2,1-4H3. The molecule has 1 aliphatic rings. The maximum Gasteiger partial charge on any atom is 0.0847 e. The van der Waals surface area contributed by atoms with Gasteiger partial charge in [-0.15, -0.1) is 0 Å². The van der Waals surface area contributed by atoms with Gasteiger partial charge in [0.2, 0.25) is 0 Å². The van der Waals surface area contributed by atoms with Gasteiger partial charge in [0.15, 0.2) is 0 Å². The van der Waals surface area contributed by atoms with Crippen molar-refractivity contribution in [1.82, 2.24) is 9.78 Å². The predicted molar refractivity (Wildman–Crippen MR) is 73.8 cm³/mol. The Hall–Kier alpha value is -0.540. The van der Waals surface area contributed by atoms with Gasteiger partial charge < -0.3 is 5.11 Å². The zero-order valence-electron chi connectivity index (χ0n) is 11.7. The van der Waals surface area contributed by atoms with Crippen LogP contribution in [0.2, 0.25) is 5.02 Å². The van der Waals surface area contributed by atoms with Gasteiger partial charge in [-0.25, -0.2) is 0 Å². The number of aryl methyl sites for hydroxylation is 2. The third-order valence-electron chi connectivity index (χ3n) is 4.47. The fourth-order valence-electron chi connectivity index (χ4n) is 3.31. The highest BCUT2D eigenvalue weighted by Gasteiger charge is 2.39. The minimum absolute atomic E-state index is 0.236. The normalized spacial score (nSPS) is 24.4. The van der Waals surface area contributed by atoms with Crippen molar-refractivity contribution < 1.29 is 5.11 Å². The second-order valence-corrected chi connectivity index (χ2v) is 6.61. The van der Waals surface area contributed by atoms with Crippen LogP contribution in [0.4, 0.5) is 0 Å². The summed E-state index contributed by atoms with van der Waals surface area (Å²) in [5.74, 6) is 0.365. The summed E-state index contributed by atoms with van der Waals surface area (Å²) < 4.78 is 1.79. The van der Waals surface area contributed by atoms with E-state index in [-0.39, 0.29) is 11.5 Å². The molecule has 1 N–H and O–H groups in total. The first kappa shape index (κ1) is 13.9. The van der Waals surface area contributed by atoms with E-state index in [1.807, 2.05) is 14.0 Å². The summed E-state index contributed by atoms with van der Waals surface area (Å²) in [6.07, 6.45) is 3.81. The third kappa shape index (κ3) is 2.43. The Kier molecular flexibility index (Phi) is 3.75. The molecule has 1 heterocycles. The van der Waals surface area contributed by atoms with Crippen molar-refractivity contribution in [3.8, 4) is 0 Å². The van der Waals surface area contributed by atoms with Crippen LogP contribution in [0.1, 0.15) is 44.5 Å². The molecule has 18 heavy (non-hydrogen) atoms. The molecule has 1 fully saturated rings. The molecule has 1 aliphatic carbocycles. The number of rotatable bonds is 3. The van der Waals surface area contributed by atoms with Crippen molar-refractivity contribution in [2.24, 2.45) is 18.4 Å². The number of aliphatic hydroxyl groups excluding tert-OH is 1. The van der Waals surface area contributed by atoms with Crippen molar-refractivity contribution in [2.75, 3.05) is 0 Å². The average molecular weight is 271 g/mol. The molecule has 0 radical (unpaired) electrons. The van der Waals surface area contributed by atoms with Gasteiger partial charge in [-0.2, -0.15) is 5.10 Å². The van der Waals surface area contributed by atoms with Crippen LogP contribution in [0.15, 0.2) is 0 Å². The van der Waals surface area contributed by atoms with Crippen LogP contribution in [0.25, 0.3) is 0 Å². The number of halogens is 1. The summed E-state index contributed by atoms with van der Waals surface area (Å²) in [5.41, 5.74) is 2.02. The van der Waals surface area contributed by atoms with Crippen LogP contribution in [-0.4, -0.2) is 21.0 Å². The van der Waals surface area contributed by atoms with Crippen molar-refractivity contribution in [3.05, 3.63) is 16.4 Å². The van der Waals surface area contributed by atoms with Gasteiger partial charge in [-0.3, -0.25) is 4.68 Å². The smallest absolute Gasteiger partial charge is 0.0847 e. The van der Waals surface area contributed by atoms with Crippen LogP contribution in [0.5, 0.6) is 0 Å². The summed E-state index contributed by atoms with van der Waals surface area (Å²) in [5, 5.41) is 15.5. The van der Waals surface area contributed by atoms with E-state index in [1.165, 1.54) is 12.8 Å². The SMILES string of the molecule is Cc1nn(C)c(CC(O)C2CCCC2(C)C)c1Cl. The predicted octanol–water partition coefficient (Wildman–Crippen LogP) is 3.11. The highest BCUT2D eigenvalue weighted by Crippen LogP contribution is 2.45. The van der Waals surface area contributed by atoms with Gasteiger partial charge in [0.25, 0.3) is 0 Å². The monoisotopic (exact) mass is 270 g/mol. The van der Waals surface area contributed by atoms with Gasteiger partial charge >= 0.3 is 0 Å². The van der Waals surface area contributed by atoms with Crippen LogP contribution >= 0.6 is 11.6 Å². The average Bonchev–Trinajstić information content (AvgIpc) is 2.73. The lowest BCUT2D eigenvalue weighted by molar-refractivity contribution is 0.0529. The fourth-order valence-corrected chi connectivity index (χ4v) is 3.55. The van der Waals surface area contributed by atoms with Crippen LogP contribution in [0, 0.1) is 18.3 Å². The quantitative estimate of drug-likeness (QED) is 0.916. The molecule has 0 saturated heterocycles. The van der Waals surface area contributed by atoms with E-state index in [0.717, 1.165) is 17.8 Å². The number of aliphatic hydroxyl groups is 1. The van der Waals surface area contributed by atoms with Crippen LogP contribution < -0.4 is 0 Å². The first-order valence-electron chi connectivity index (χ1n) is 6.69. The molecule has 1 saturated carbocycles. The topological polar surface area (TPSA) is 38.0 Å². The molecule has 4 heteroatoms. The van der Waals surface area contributed by atoms with E-state index in [0.29, 0.717) is 17.4 Å². The molecule has 3 nitrogen and oxygen atoms in total.